The van der Waals surface area contributed by atoms with Crippen molar-refractivity contribution in [1.29, 1.82) is 0 Å². The van der Waals surface area contributed by atoms with Crippen molar-refractivity contribution in [3.8, 4) is 11.5 Å². The third-order valence-corrected chi connectivity index (χ3v) is 3.73. The van der Waals surface area contributed by atoms with Crippen LogP contribution in [-0.2, 0) is 25.5 Å². The summed E-state index contributed by atoms with van der Waals surface area (Å²) in [5, 5.41) is 0. The maximum Gasteiger partial charge on any atom is 0.345 e. The second-order valence-electron chi connectivity index (χ2n) is 5.67. The Balaban J connectivity index is 2.25. The van der Waals surface area contributed by atoms with Crippen LogP contribution in [-0.4, -0.2) is 25.2 Å². The smallest absolute Gasteiger partial charge is 0.345 e. The van der Waals surface area contributed by atoms with Crippen molar-refractivity contribution in [3.05, 3.63) is 65.2 Å². The van der Waals surface area contributed by atoms with Gasteiger partial charge in [-0.1, -0.05) is 31.2 Å². The molecular formula is C22H24O5. The first-order chi connectivity index (χ1) is 13.1. The highest BCUT2D eigenvalue weighted by molar-refractivity contribution is 6.17. The number of esters is 2. The van der Waals surface area contributed by atoms with Gasteiger partial charge in [-0.15, -0.1) is 0 Å². The van der Waals surface area contributed by atoms with Crippen LogP contribution in [0.5, 0.6) is 11.5 Å². The highest BCUT2D eigenvalue weighted by Gasteiger charge is 2.21. The molecule has 0 aromatic heterocycles. The van der Waals surface area contributed by atoms with E-state index >= 15 is 0 Å². The Morgan fingerprint density at radius 2 is 1.48 bits per heavy atom. The van der Waals surface area contributed by atoms with Crippen LogP contribution in [0.1, 0.15) is 31.9 Å². The zero-order valence-electron chi connectivity index (χ0n) is 15.9. The quantitative estimate of drug-likeness (QED) is 0.296. The summed E-state index contributed by atoms with van der Waals surface area (Å²) in [7, 11) is 0. The largest absolute Gasteiger partial charge is 0.462 e. The van der Waals surface area contributed by atoms with E-state index in [1.54, 1.807) is 38.1 Å². The monoisotopic (exact) mass is 368 g/mol. The summed E-state index contributed by atoms with van der Waals surface area (Å²) in [5.74, 6) is -0.112. The fourth-order valence-corrected chi connectivity index (χ4v) is 2.38. The third kappa shape index (κ3) is 5.99. The molecule has 0 aliphatic carbocycles. The van der Waals surface area contributed by atoms with Gasteiger partial charge in [0.2, 0.25) is 0 Å². The van der Waals surface area contributed by atoms with Crippen molar-refractivity contribution in [3.63, 3.8) is 0 Å². The molecule has 142 valence electrons. The van der Waals surface area contributed by atoms with Crippen molar-refractivity contribution in [2.24, 2.45) is 0 Å². The molecule has 0 aliphatic heterocycles. The predicted molar refractivity (Wildman–Crippen MR) is 104 cm³/mol. The van der Waals surface area contributed by atoms with Crippen molar-refractivity contribution in [2.75, 3.05) is 13.2 Å². The van der Waals surface area contributed by atoms with Crippen molar-refractivity contribution < 1.29 is 23.8 Å². The number of hydrogen-bond donors (Lipinski definition) is 0. The van der Waals surface area contributed by atoms with Gasteiger partial charge in [0.25, 0.3) is 0 Å². The molecule has 0 unspecified atom stereocenters. The van der Waals surface area contributed by atoms with Crippen LogP contribution in [0.4, 0.5) is 0 Å². The molecule has 0 fully saturated rings. The van der Waals surface area contributed by atoms with Crippen LogP contribution < -0.4 is 4.74 Å². The Bertz CT molecular complexity index is 786. The maximum absolute atomic E-state index is 12.1. The summed E-state index contributed by atoms with van der Waals surface area (Å²) in [6, 6.07) is 14.9. The van der Waals surface area contributed by atoms with Gasteiger partial charge in [-0.3, -0.25) is 0 Å². The average molecular weight is 368 g/mol. The topological polar surface area (TPSA) is 61.8 Å². The Hall–Kier alpha value is -3.08. The van der Waals surface area contributed by atoms with Gasteiger partial charge in [-0.05, 0) is 61.7 Å². The number of ether oxygens (including phenoxy) is 3. The molecule has 0 aliphatic rings. The summed E-state index contributed by atoms with van der Waals surface area (Å²) in [6.07, 6.45) is 2.41. The highest BCUT2D eigenvalue weighted by Crippen LogP contribution is 2.24. The molecule has 27 heavy (non-hydrogen) atoms. The number of hydrogen-bond acceptors (Lipinski definition) is 5. The summed E-state index contributed by atoms with van der Waals surface area (Å²) in [6.45, 7) is 5.80. The molecule has 2 aromatic rings. The average Bonchev–Trinajstić information content (AvgIpc) is 2.67. The van der Waals surface area contributed by atoms with E-state index < -0.39 is 11.9 Å². The van der Waals surface area contributed by atoms with Gasteiger partial charge in [-0.2, -0.15) is 0 Å². The molecule has 0 amide bonds. The van der Waals surface area contributed by atoms with E-state index in [0.29, 0.717) is 17.1 Å². The fraction of sp³-hybridized carbons (Fsp3) is 0.273. The van der Waals surface area contributed by atoms with E-state index in [4.69, 9.17) is 14.2 Å². The van der Waals surface area contributed by atoms with Crippen LogP contribution in [0, 0.1) is 0 Å². The van der Waals surface area contributed by atoms with E-state index in [2.05, 4.69) is 6.92 Å². The molecule has 0 heterocycles. The van der Waals surface area contributed by atoms with E-state index in [0.717, 1.165) is 6.42 Å². The molecule has 5 nitrogen and oxygen atoms in total. The van der Waals surface area contributed by atoms with Gasteiger partial charge in [0, 0.05) is 0 Å². The highest BCUT2D eigenvalue weighted by atomic mass is 16.6. The molecular weight excluding hydrogens is 344 g/mol. The van der Waals surface area contributed by atoms with E-state index in [-0.39, 0.29) is 18.8 Å². The molecule has 0 saturated carbocycles. The van der Waals surface area contributed by atoms with E-state index in [1.165, 1.54) is 11.6 Å². The molecule has 0 spiro atoms. The van der Waals surface area contributed by atoms with Gasteiger partial charge < -0.3 is 14.2 Å². The molecule has 0 bridgehead atoms. The standard InChI is InChI=1S/C22H24O5/c1-4-16-10-12-18(13-11-16)27-19-9-7-8-17(14-19)15-20(21(23)25-5-2)22(24)26-6-3/h7-15H,4-6H2,1-3H3. The minimum Gasteiger partial charge on any atom is -0.462 e. The lowest BCUT2D eigenvalue weighted by atomic mass is 10.1. The second kappa shape index (κ2) is 10.2. The van der Waals surface area contributed by atoms with Crippen LogP contribution in [0.2, 0.25) is 0 Å². The second-order valence-corrected chi connectivity index (χ2v) is 5.67. The molecule has 0 radical (unpaired) electrons. The maximum atomic E-state index is 12.1. The zero-order valence-corrected chi connectivity index (χ0v) is 15.9. The Kier molecular flexibility index (Phi) is 7.62. The lowest BCUT2D eigenvalue weighted by molar-refractivity contribution is -0.146. The van der Waals surface area contributed by atoms with Gasteiger partial charge in [0.15, 0.2) is 0 Å². The van der Waals surface area contributed by atoms with Crippen molar-refractivity contribution >= 4 is 18.0 Å². The summed E-state index contributed by atoms with van der Waals surface area (Å²) in [4.78, 5) is 24.2. The summed E-state index contributed by atoms with van der Waals surface area (Å²) < 4.78 is 15.8. The molecule has 0 saturated heterocycles. The first-order valence-electron chi connectivity index (χ1n) is 9.00. The van der Waals surface area contributed by atoms with E-state index in [9.17, 15) is 9.59 Å². The zero-order chi connectivity index (χ0) is 19.6. The fourth-order valence-electron chi connectivity index (χ4n) is 2.38. The van der Waals surface area contributed by atoms with Gasteiger partial charge in [0.1, 0.15) is 17.1 Å². The summed E-state index contributed by atoms with van der Waals surface area (Å²) in [5.41, 5.74) is 1.71. The molecule has 0 atom stereocenters. The predicted octanol–water partition coefficient (Wildman–Crippen LogP) is 4.55. The molecule has 2 rings (SSSR count). The SMILES string of the molecule is CCOC(=O)C(=Cc1cccc(Oc2ccc(CC)cc2)c1)C(=O)OCC. The number of rotatable bonds is 8. The number of carbonyl (C=O) groups excluding carboxylic acids is 2. The number of aryl methyl sites for hydroxylation is 1. The van der Waals surface area contributed by atoms with Crippen LogP contribution in [0.15, 0.2) is 54.1 Å². The van der Waals surface area contributed by atoms with Gasteiger partial charge in [-0.25, -0.2) is 9.59 Å². The van der Waals surface area contributed by atoms with Crippen LogP contribution in [0.25, 0.3) is 6.08 Å². The Morgan fingerprint density at radius 3 is 2.04 bits per heavy atom. The lowest BCUT2D eigenvalue weighted by Gasteiger charge is -2.09. The summed E-state index contributed by atoms with van der Waals surface area (Å²) >= 11 is 0. The van der Waals surface area contributed by atoms with Crippen LogP contribution >= 0.6 is 0 Å². The number of carbonyl (C=O) groups is 2. The molecule has 2 aromatic carbocycles. The normalized spacial score (nSPS) is 10.0. The lowest BCUT2D eigenvalue weighted by Crippen LogP contribution is -2.18. The van der Waals surface area contributed by atoms with E-state index in [1.807, 2.05) is 24.3 Å². The molecule has 5 heteroatoms. The minimum atomic E-state index is -0.711. The minimum absolute atomic E-state index is 0.150. The third-order valence-electron chi connectivity index (χ3n) is 3.73. The van der Waals surface area contributed by atoms with Gasteiger partial charge >= 0.3 is 11.9 Å². The van der Waals surface area contributed by atoms with Crippen molar-refractivity contribution in [1.82, 2.24) is 0 Å². The van der Waals surface area contributed by atoms with Gasteiger partial charge in [0.05, 0.1) is 13.2 Å². The number of benzene rings is 2. The molecule has 0 N–H and O–H groups in total. The Morgan fingerprint density at radius 1 is 0.852 bits per heavy atom. The van der Waals surface area contributed by atoms with Crippen LogP contribution in [0.3, 0.4) is 0 Å². The first kappa shape index (κ1) is 20.2. The Labute approximate surface area is 159 Å². The first-order valence-corrected chi connectivity index (χ1v) is 9.00. The van der Waals surface area contributed by atoms with Crippen molar-refractivity contribution in [2.45, 2.75) is 27.2 Å².